The van der Waals surface area contributed by atoms with Crippen LogP contribution in [-0.2, 0) is 4.79 Å². The number of rotatable bonds is 4. The van der Waals surface area contributed by atoms with E-state index in [0.717, 1.165) is 21.3 Å². The molecule has 0 unspecified atom stereocenters. The first kappa shape index (κ1) is 15.2. The average molecular weight is 322 g/mol. The van der Waals surface area contributed by atoms with Gasteiger partial charge in [-0.3, -0.25) is 9.78 Å². The van der Waals surface area contributed by atoms with Crippen LogP contribution in [0, 0.1) is 0 Å². The highest BCUT2D eigenvalue weighted by atomic mass is 32.2. The van der Waals surface area contributed by atoms with Crippen molar-refractivity contribution >= 4 is 23.4 Å². The number of carbonyl (C=O) groups is 1. The van der Waals surface area contributed by atoms with Crippen molar-refractivity contribution in [3.63, 3.8) is 0 Å². The molecule has 0 spiro atoms. The number of amides is 1. The lowest BCUT2D eigenvalue weighted by molar-refractivity contribution is -0.114. The zero-order valence-corrected chi connectivity index (χ0v) is 13.2. The maximum Gasteiger partial charge on any atom is 0.221 e. The molecule has 0 bridgehead atoms. The van der Waals surface area contributed by atoms with Crippen LogP contribution in [0.15, 0.2) is 70.8 Å². The van der Waals surface area contributed by atoms with E-state index in [1.165, 1.54) is 18.7 Å². The largest absolute Gasteiger partial charge is 0.326 e. The lowest BCUT2D eigenvalue weighted by atomic mass is 10.3. The Morgan fingerprint density at radius 2 is 1.83 bits per heavy atom. The van der Waals surface area contributed by atoms with Crippen LogP contribution < -0.4 is 5.32 Å². The van der Waals surface area contributed by atoms with Gasteiger partial charge < -0.3 is 5.32 Å². The Bertz CT molecular complexity index is 806. The second kappa shape index (κ2) is 7.02. The van der Waals surface area contributed by atoms with E-state index in [1.54, 1.807) is 12.4 Å². The van der Waals surface area contributed by atoms with E-state index in [9.17, 15) is 4.79 Å². The fraction of sp³-hybridized carbons (Fsp3) is 0.0588. The van der Waals surface area contributed by atoms with Crippen molar-refractivity contribution in [1.82, 2.24) is 15.0 Å². The van der Waals surface area contributed by atoms with Gasteiger partial charge in [-0.1, -0.05) is 17.8 Å². The lowest BCUT2D eigenvalue weighted by Gasteiger charge is -2.05. The summed E-state index contributed by atoms with van der Waals surface area (Å²) in [6, 6.07) is 15.1. The summed E-state index contributed by atoms with van der Waals surface area (Å²) >= 11 is 1.53. The first-order valence-corrected chi connectivity index (χ1v) is 7.82. The smallest absolute Gasteiger partial charge is 0.221 e. The van der Waals surface area contributed by atoms with Crippen LogP contribution >= 0.6 is 11.8 Å². The summed E-state index contributed by atoms with van der Waals surface area (Å²) in [6.07, 6.45) is 3.45. The predicted molar refractivity (Wildman–Crippen MR) is 90.1 cm³/mol. The minimum atomic E-state index is -0.0822. The normalized spacial score (nSPS) is 10.3. The fourth-order valence-corrected chi connectivity index (χ4v) is 2.72. The van der Waals surface area contributed by atoms with E-state index in [1.807, 2.05) is 48.5 Å². The molecule has 0 aliphatic carbocycles. The van der Waals surface area contributed by atoms with E-state index < -0.39 is 0 Å². The number of hydrogen-bond donors (Lipinski definition) is 1. The third-order valence-electron chi connectivity index (χ3n) is 2.92. The summed E-state index contributed by atoms with van der Waals surface area (Å²) in [5.41, 5.74) is 1.52. The number of aromatic nitrogens is 3. The Labute approximate surface area is 138 Å². The molecule has 1 N–H and O–H groups in total. The van der Waals surface area contributed by atoms with Gasteiger partial charge in [0, 0.05) is 29.9 Å². The highest BCUT2D eigenvalue weighted by Crippen LogP contribution is 2.27. The summed E-state index contributed by atoms with van der Waals surface area (Å²) in [4.78, 5) is 25.1. The summed E-state index contributed by atoms with van der Waals surface area (Å²) in [5.74, 6) is 0.520. The van der Waals surface area contributed by atoms with Crippen LogP contribution in [0.25, 0.3) is 11.5 Å². The van der Waals surface area contributed by atoms with E-state index in [4.69, 9.17) is 0 Å². The molecular weight excluding hydrogens is 308 g/mol. The Balaban J connectivity index is 1.77. The number of hydrogen-bond acceptors (Lipinski definition) is 5. The highest BCUT2D eigenvalue weighted by molar-refractivity contribution is 7.99. The van der Waals surface area contributed by atoms with Gasteiger partial charge in [-0.2, -0.15) is 0 Å². The molecule has 23 heavy (non-hydrogen) atoms. The third kappa shape index (κ3) is 4.14. The van der Waals surface area contributed by atoms with Gasteiger partial charge in [0.05, 0.1) is 0 Å². The number of nitrogens with zero attached hydrogens (tertiary/aromatic N) is 3. The van der Waals surface area contributed by atoms with Crippen molar-refractivity contribution in [3.8, 4) is 11.5 Å². The Kier molecular flexibility index (Phi) is 4.63. The molecule has 1 amide bonds. The minimum absolute atomic E-state index is 0.0822. The van der Waals surface area contributed by atoms with Crippen LogP contribution in [0.3, 0.4) is 0 Å². The van der Waals surface area contributed by atoms with Crippen molar-refractivity contribution in [2.45, 2.75) is 16.8 Å². The highest BCUT2D eigenvalue weighted by Gasteiger charge is 2.05. The number of benzene rings is 1. The lowest BCUT2D eigenvalue weighted by Crippen LogP contribution is -2.05. The molecule has 0 saturated carbocycles. The number of anilines is 1. The van der Waals surface area contributed by atoms with E-state index in [0.29, 0.717) is 5.82 Å². The zero-order chi connectivity index (χ0) is 16.1. The van der Waals surface area contributed by atoms with E-state index in [-0.39, 0.29) is 5.91 Å². The van der Waals surface area contributed by atoms with Crippen molar-refractivity contribution in [3.05, 3.63) is 60.9 Å². The van der Waals surface area contributed by atoms with Gasteiger partial charge in [-0.05, 0) is 42.5 Å². The molecule has 0 saturated heterocycles. The van der Waals surface area contributed by atoms with Crippen LogP contribution in [0.5, 0.6) is 0 Å². The fourth-order valence-electron chi connectivity index (χ4n) is 1.95. The molecule has 0 aliphatic rings. The van der Waals surface area contributed by atoms with Crippen molar-refractivity contribution in [1.29, 1.82) is 0 Å². The average Bonchev–Trinajstić information content (AvgIpc) is 2.57. The molecule has 0 radical (unpaired) electrons. The Hall–Kier alpha value is -2.73. The van der Waals surface area contributed by atoms with Crippen molar-refractivity contribution in [2.24, 2.45) is 0 Å². The first-order chi connectivity index (χ1) is 11.2. The second-order valence-corrected chi connectivity index (χ2v) is 5.83. The topological polar surface area (TPSA) is 67.8 Å². The minimum Gasteiger partial charge on any atom is -0.326 e. The number of nitrogens with one attached hydrogen (secondary N) is 1. The van der Waals surface area contributed by atoms with Crippen LogP contribution in [0.2, 0.25) is 0 Å². The van der Waals surface area contributed by atoms with Gasteiger partial charge in [-0.25, -0.2) is 9.97 Å². The van der Waals surface area contributed by atoms with Crippen LogP contribution in [-0.4, -0.2) is 20.9 Å². The Morgan fingerprint density at radius 3 is 2.52 bits per heavy atom. The van der Waals surface area contributed by atoms with Gasteiger partial charge in [0.1, 0.15) is 10.7 Å². The molecule has 3 rings (SSSR count). The molecule has 114 valence electrons. The molecule has 1 aromatic carbocycles. The number of pyridine rings is 1. The molecule has 0 fully saturated rings. The molecule has 5 nitrogen and oxygen atoms in total. The van der Waals surface area contributed by atoms with Gasteiger partial charge >= 0.3 is 0 Å². The summed E-state index contributed by atoms with van der Waals surface area (Å²) < 4.78 is 0. The predicted octanol–water partition coefficient (Wildman–Crippen LogP) is 3.65. The summed E-state index contributed by atoms with van der Waals surface area (Å²) in [6.45, 7) is 1.49. The molecule has 6 heteroatoms. The number of carbonyl (C=O) groups excluding carboxylic acids is 1. The van der Waals surface area contributed by atoms with Crippen LogP contribution in [0.4, 0.5) is 5.69 Å². The molecule has 0 atom stereocenters. The van der Waals surface area contributed by atoms with Gasteiger partial charge in [0.2, 0.25) is 5.91 Å². The van der Waals surface area contributed by atoms with Gasteiger partial charge in [0.25, 0.3) is 0 Å². The maximum absolute atomic E-state index is 11.0. The van der Waals surface area contributed by atoms with Gasteiger partial charge in [-0.15, -0.1) is 0 Å². The molecule has 2 heterocycles. The quantitative estimate of drug-likeness (QED) is 0.743. The zero-order valence-electron chi connectivity index (χ0n) is 12.4. The molecular formula is C17H14N4OS. The molecule has 2 aromatic heterocycles. The summed E-state index contributed by atoms with van der Waals surface area (Å²) in [7, 11) is 0. The first-order valence-electron chi connectivity index (χ1n) is 7.01. The second-order valence-electron chi connectivity index (χ2n) is 4.74. The van der Waals surface area contributed by atoms with E-state index >= 15 is 0 Å². The molecule has 0 aliphatic heterocycles. The summed E-state index contributed by atoms with van der Waals surface area (Å²) in [5, 5.41) is 3.59. The Morgan fingerprint density at radius 1 is 1.00 bits per heavy atom. The van der Waals surface area contributed by atoms with E-state index in [2.05, 4.69) is 20.3 Å². The standard InChI is InChI=1S/C17H14N4OS/c1-12(22)20-13-5-7-14(8-6-13)23-16-9-11-19-17(21-16)15-4-2-3-10-18-15/h2-11H,1H3,(H,20,22). The van der Waals surface area contributed by atoms with Crippen LogP contribution in [0.1, 0.15) is 6.92 Å². The third-order valence-corrected chi connectivity index (χ3v) is 3.87. The maximum atomic E-state index is 11.0. The SMILES string of the molecule is CC(=O)Nc1ccc(Sc2ccnc(-c3ccccn3)n2)cc1. The van der Waals surface area contributed by atoms with Gasteiger partial charge in [0.15, 0.2) is 5.82 Å². The monoisotopic (exact) mass is 322 g/mol. The molecule has 3 aromatic rings. The van der Waals surface area contributed by atoms with Crippen molar-refractivity contribution < 1.29 is 4.79 Å². The van der Waals surface area contributed by atoms with Crippen molar-refractivity contribution in [2.75, 3.05) is 5.32 Å².